The molecule has 0 amide bonds. The summed E-state index contributed by atoms with van der Waals surface area (Å²) < 4.78 is 37.1. The highest BCUT2D eigenvalue weighted by Gasteiger charge is 2.30. The Morgan fingerprint density at radius 2 is 1.95 bits per heavy atom. The van der Waals surface area contributed by atoms with Crippen LogP contribution in [0.25, 0.3) is 0 Å². The fraction of sp³-hybridized carbons (Fsp3) is 0.571. The number of hydrogen-bond acceptors (Lipinski definition) is 3. The standard InChI is InChI=1S/C14H16F3NOS/c15-14(16,17)11-6-7-13(18-8-11)20-9-12(19)10-4-2-1-3-5-10/h6-8,10H,1-5,9H2. The molecule has 1 saturated carbocycles. The normalized spacial score (nSPS) is 17.1. The lowest BCUT2D eigenvalue weighted by Crippen LogP contribution is -2.19. The second-order valence-electron chi connectivity index (χ2n) is 4.97. The van der Waals surface area contributed by atoms with Crippen molar-refractivity contribution in [3.8, 4) is 0 Å². The number of carbonyl (C=O) groups excluding carboxylic acids is 1. The lowest BCUT2D eigenvalue weighted by molar-refractivity contribution is -0.137. The molecule has 1 fully saturated rings. The summed E-state index contributed by atoms with van der Waals surface area (Å²) in [5.74, 6) is 0.616. The first-order chi connectivity index (χ1) is 9.47. The smallest absolute Gasteiger partial charge is 0.298 e. The Morgan fingerprint density at radius 3 is 2.50 bits per heavy atom. The number of ketones is 1. The zero-order chi connectivity index (χ0) is 14.6. The average molecular weight is 303 g/mol. The molecule has 0 unspecified atom stereocenters. The number of halogens is 3. The number of alkyl halides is 3. The Bertz CT molecular complexity index is 452. The molecule has 0 atom stereocenters. The Hall–Kier alpha value is -1.04. The monoisotopic (exact) mass is 303 g/mol. The largest absolute Gasteiger partial charge is 0.417 e. The second kappa shape index (κ2) is 6.61. The van der Waals surface area contributed by atoms with E-state index in [9.17, 15) is 18.0 Å². The van der Waals surface area contributed by atoms with Crippen LogP contribution in [0.4, 0.5) is 13.2 Å². The molecular weight excluding hydrogens is 287 g/mol. The van der Waals surface area contributed by atoms with Gasteiger partial charge in [-0.05, 0) is 25.0 Å². The first-order valence-corrected chi connectivity index (χ1v) is 7.64. The van der Waals surface area contributed by atoms with E-state index < -0.39 is 11.7 Å². The fourth-order valence-corrected chi connectivity index (χ4v) is 3.14. The van der Waals surface area contributed by atoms with Gasteiger partial charge in [-0.2, -0.15) is 13.2 Å². The van der Waals surface area contributed by atoms with E-state index in [4.69, 9.17) is 0 Å². The lowest BCUT2D eigenvalue weighted by Gasteiger charge is -2.19. The summed E-state index contributed by atoms with van der Waals surface area (Å²) in [5.41, 5.74) is -0.763. The molecule has 110 valence electrons. The molecule has 0 bridgehead atoms. The van der Waals surface area contributed by atoms with Crippen LogP contribution in [0.2, 0.25) is 0 Å². The summed E-state index contributed by atoms with van der Waals surface area (Å²) in [6, 6.07) is 2.32. The SMILES string of the molecule is O=C(CSc1ccc(C(F)(F)F)cn1)C1CCCCC1. The van der Waals surface area contributed by atoms with Crippen molar-refractivity contribution in [2.24, 2.45) is 5.92 Å². The quantitative estimate of drug-likeness (QED) is 0.775. The van der Waals surface area contributed by atoms with Gasteiger partial charge in [0.15, 0.2) is 0 Å². The topological polar surface area (TPSA) is 30.0 Å². The maximum Gasteiger partial charge on any atom is 0.417 e. The van der Waals surface area contributed by atoms with E-state index in [2.05, 4.69) is 4.98 Å². The van der Waals surface area contributed by atoms with Crippen molar-refractivity contribution in [2.45, 2.75) is 43.3 Å². The van der Waals surface area contributed by atoms with Crippen molar-refractivity contribution >= 4 is 17.5 Å². The number of Topliss-reactive ketones (excluding diaryl/α,β-unsaturated/α-hetero) is 1. The van der Waals surface area contributed by atoms with Gasteiger partial charge in [-0.15, -0.1) is 0 Å². The highest BCUT2D eigenvalue weighted by Crippen LogP contribution is 2.30. The Balaban J connectivity index is 1.86. The number of thioether (sulfide) groups is 1. The molecule has 2 nitrogen and oxygen atoms in total. The maximum atomic E-state index is 12.4. The predicted molar refractivity (Wildman–Crippen MR) is 71.5 cm³/mol. The van der Waals surface area contributed by atoms with Crippen LogP contribution in [-0.2, 0) is 11.0 Å². The molecule has 6 heteroatoms. The van der Waals surface area contributed by atoms with Crippen LogP contribution >= 0.6 is 11.8 Å². The van der Waals surface area contributed by atoms with Crippen molar-refractivity contribution in [1.29, 1.82) is 0 Å². The molecule has 1 aliphatic carbocycles. The lowest BCUT2D eigenvalue weighted by atomic mass is 9.87. The van der Waals surface area contributed by atoms with Crippen molar-refractivity contribution in [1.82, 2.24) is 4.98 Å². The zero-order valence-electron chi connectivity index (χ0n) is 10.9. The first kappa shape index (κ1) is 15.4. The number of carbonyl (C=O) groups is 1. The van der Waals surface area contributed by atoms with Gasteiger partial charge in [0.2, 0.25) is 0 Å². The number of hydrogen-bond donors (Lipinski definition) is 0. The molecule has 0 spiro atoms. The van der Waals surface area contributed by atoms with Gasteiger partial charge in [-0.3, -0.25) is 4.79 Å². The summed E-state index contributed by atoms with van der Waals surface area (Å²) in [4.78, 5) is 15.7. The highest BCUT2D eigenvalue weighted by molar-refractivity contribution is 7.99. The molecular formula is C14H16F3NOS. The molecule has 0 saturated heterocycles. The van der Waals surface area contributed by atoms with Gasteiger partial charge < -0.3 is 0 Å². The first-order valence-electron chi connectivity index (χ1n) is 6.65. The van der Waals surface area contributed by atoms with Crippen LogP contribution in [0.1, 0.15) is 37.7 Å². The molecule has 1 aromatic heterocycles. The minimum atomic E-state index is -4.37. The summed E-state index contributed by atoms with van der Waals surface area (Å²) in [5, 5.41) is 0.460. The maximum absolute atomic E-state index is 12.4. The van der Waals surface area contributed by atoms with Gasteiger partial charge in [-0.25, -0.2) is 4.98 Å². The zero-order valence-corrected chi connectivity index (χ0v) is 11.8. The van der Waals surface area contributed by atoms with Gasteiger partial charge in [0.25, 0.3) is 0 Å². The van der Waals surface area contributed by atoms with Crippen LogP contribution in [0.15, 0.2) is 23.4 Å². The third kappa shape index (κ3) is 4.23. The van der Waals surface area contributed by atoms with E-state index in [0.717, 1.165) is 37.9 Å². The van der Waals surface area contributed by atoms with E-state index in [1.54, 1.807) is 0 Å². The van der Waals surface area contributed by atoms with Crippen molar-refractivity contribution in [3.05, 3.63) is 23.9 Å². The van der Waals surface area contributed by atoms with E-state index in [1.807, 2.05) is 0 Å². The average Bonchev–Trinajstić information content (AvgIpc) is 2.45. The van der Waals surface area contributed by atoms with Crippen molar-refractivity contribution in [3.63, 3.8) is 0 Å². The van der Waals surface area contributed by atoms with Crippen LogP contribution in [0, 0.1) is 5.92 Å². The van der Waals surface area contributed by atoms with E-state index in [1.165, 1.54) is 24.2 Å². The van der Waals surface area contributed by atoms with Gasteiger partial charge in [0, 0.05) is 12.1 Å². The molecule has 0 aromatic carbocycles. The highest BCUT2D eigenvalue weighted by atomic mass is 32.2. The number of pyridine rings is 1. The molecule has 0 N–H and O–H groups in total. The van der Waals surface area contributed by atoms with E-state index >= 15 is 0 Å². The van der Waals surface area contributed by atoms with Gasteiger partial charge >= 0.3 is 6.18 Å². The van der Waals surface area contributed by atoms with E-state index in [-0.39, 0.29) is 11.7 Å². The summed E-state index contributed by atoms with van der Waals surface area (Å²) in [7, 11) is 0. The van der Waals surface area contributed by atoms with E-state index in [0.29, 0.717) is 10.8 Å². The molecule has 1 aromatic rings. The summed E-state index contributed by atoms with van der Waals surface area (Å²) in [6.07, 6.45) is 1.72. The Kier molecular flexibility index (Phi) is 5.07. The van der Waals surface area contributed by atoms with Crippen LogP contribution in [0.5, 0.6) is 0 Å². The Labute approximate surface area is 120 Å². The molecule has 0 radical (unpaired) electrons. The summed E-state index contributed by atoms with van der Waals surface area (Å²) in [6.45, 7) is 0. The molecule has 0 aliphatic heterocycles. The molecule has 2 rings (SSSR count). The molecule has 20 heavy (non-hydrogen) atoms. The summed E-state index contributed by atoms with van der Waals surface area (Å²) >= 11 is 1.21. The predicted octanol–water partition coefficient (Wildman–Crippen LogP) is 4.34. The van der Waals surface area contributed by atoms with Gasteiger partial charge in [0.1, 0.15) is 5.78 Å². The van der Waals surface area contributed by atoms with Gasteiger partial charge in [0.05, 0.1) is 16.3 Å². The third-order valence-corrected chi connectivity index (χ3v) is 4.45. The number of nitrogens with zero attached hydrogens (tertiary/aromatic N) is 1. The van der Waals surface area contributed by atoms with Crippen LogP contribution < -0.4 is 0 Å². The van der Waals surface area contributed by atoms with Crippen molar-refractivity contribution < 1.29 is 18.0 Å². The minimum absolute atomic E-state index is 0.130. The fourth-order valence-electron chi connectivity index (χ4n) is 2.32. The molecule has 1 heterocycles. The van der Waals surface area contributed by atoms with Crippen molar-refractivity contribution in [2.75, 3.05) is 5.75 Å². The minimum Gasteiger partial charge on any atom is -0.298 e. The Morgan fingerprint density at radius 1 is 1.25 bits per heavy atom. The van der Waals surface area contributed by atoms with Gasteiger partial charge in [-0.1, -0.05) is 31.0 Å². The van der Waals surface area contributed by atoms with Crippen LogP contribution in [-0.4, -0.2) is 16.5 Å². The number of rotatable bonds is 4. The third-order valence-electron chi connectivity index (χ3n) is 3.49. The molecule has 1 aliphatic rings. The second-order valence-corrected chi connectivity index (χ2v) is 5.97. The van der Waals surface area contributed by atoms with Crippen LogP contribution in [0.3, 0.4) is 0 Å². The number of aromatic nitrogens is 1.